The number of aryl methyl sites for hydroxylation is 2. The first-order valence-corrected chi connectivity index (χ1v) is 6.44. The molecule has 16 heavy (non-hydrogen) atoms. The predicted octanol–water partition coefficient (Wildman–Crippen LogP) is 3.61. The van der Waals surface area contributed by atoms with Gasteiger partial charge in [0.2, 0.25) is 0 Å². The van der Waals surface area contributed by atoms with Crippen molar-refractivity contribution in [2.75, 3.05) is 6.54 Å². The molecule has 3 atom stereocenters. The van der Waals surface area contributed by atoms with Gasteiger partial charge in [0.1, 0.15) is 0 Å². The zero-order valence-corrected chi connectivity index (χ0v) is 10.9. The van der Waals surface area contributed by atoms with Crippen molar-refractivity contribution >= 4 is 0 Å². The first-order chi connectivity index (χ1) is 7.63. The van der Waals surface area contributed by atoms with Crippen molar-refractivity contribution in [3.05, 3.63) is 34.9 Å². The van der Waals surface area contributed by atoms with Crippen molar-refractivity contribution in [1.29, 1.82) is 0 Å². The highest BCUT2D eigenvalue weighted by molar-refractivity contribution is 5.32. The Labute approximate surface area is 99.3 Å². The number of benzene rings is 1. The average Bonchev–Trinajstić information content (AvgIpc) is 2.96. The highest BCUT2D eigenvalue weighted by Gasteiger charge is 2.39. The molecule has 2 rings (SSSR count). The van der Waals surface area contributed by atoms with Gasteiger partial charge < -0.3 is 5.32 Å². The lowest BCUT2D eigenvalue weighted by Crippen LogP contribution is -2.23. The zero-order chi connectivity index (χ0) is 11.7. The zero-order valence-electron chi connectivity index (χ0n) is 10.9. The van der Waals surface area contributed by atoms with E-state index in [0.717, 1.165) is 18.4 Å². The number of hydrogen-bond donors (Lipinski definition) is 1. The summed E-state index contributed by atoms with van der Waals surface area (Å²) in [5.74, 6) is 1.74. The summed E-state index contributed by atoms with van der Waals surface area (Å²) < 4.78 is 0. The van der Waals surface area contributed by atoms with Crippen LogP contribution in [0.1, 0.15) is 43.0 Å². The molecule has 1 aromatic rings. The largest absolute Gasteiger partial charge is 0.310 e. The van der Waals surface area contributed by atoms with Crippen LogP contribution >= 0.6 is 0 Å². The van der Waals surface area contributed by atoms with E-state index in [1.807, 2.05) is 0 Å². The molecule has 1 nitrogen and oxygen atoms in total. The molecule has 0 radical (unpaired) electrons. The molecule has 0 saturated heterocycles. The third-order valence-electron chi connectivity index (χ3n) is 3.91. The van der Waals surface area contributed by atoms with Crippen molar-refractivity contribution < 1.29 is 0 Å². The van der Waals surface area contributed by atoms with Crippen LogP contribution in [0.15, 0.2) is 18.2 Å². The predicted molar refractivity (Wildman–Crippen MR) is 69.6 cm³/mol. The lowest BCUT2D eigenvalue weighted by Gasteiger charge is -2.19. The molecular weight excluding hydrogens is 194 g/mol. The fourth-order valence-corrected chi connectivity index (χ4v) is 2.51. The van der Waals surface area contributed by atoms with E-state index in [1.165, 1.54) is 23.1 Å². The van der Waals surface area contributed by atoms with Gasteiger partial charge in [-0.15, -0.1) is 0 Å². The van der Waals surface area contributed by atoms with Gasteiger partial charge in [-0.25, -0.2) is 0 Å². The molecule has 1 fully saturated rings. The Morgan fingerprint density at radius 1 is 1.31 bits per heavy atom. The fourth-order valence-electron chi connectivity index (χ4n) is 2.51. The van der Waals surface area contributed by atoms with Crippen LogP contribution in [0, 0.1) is 25.7 Å². The van der Waals surface area contributed by atoms with Crippen molar-refractivity contribution in [3.8, 4) is 0 Å². The molecular formula is C15H23N. The maximum absolute atomic E-state index is 3.64. The van der Waals surface area contributed by atoms with Crippen LogP contribution < -0.4 is 5.32 Å². The molecule has 0 aliphatic heterocycles. The molecule has 1 aliphatic rings. The summed E-state index contributed by atoms with van der Waals surface area (Å²) in [6, 6.07) is 7.47. The first-order valence-electron chi connectivity index (χ1n) is 6.44. The van der Waals surface area contributed by atoms with Crippen LogP contribution in [0.3, 0.4) is 0 Å². The maximum atomic E-state index is 3.64. The summed E-state index contributed by atoms with van der Waals surface area (Å²) in [5.41, 5.74) is 4.27. The Morgan fingerprint density at radius 3 is 2.50 bits per heavy atom. The third kappa shape index (κ3) is 2.30. The quantitative estimate of drug-likeness (QED) is 0.812. The van der Waals surface area contributed by atoms with Crippen LogP contribution in [-0.4, -0.2) is 6.54 Å². The van der Waals surface area contributed by atoms with Gasteiger partial charge in [-0.2, -0.15) is 0 Å². The van der Waals surface area contributed by atoms with Gasteiger partial charge in [0.15, 0.2) is 0 Å². The van der Waals surface area contributed by atoms with E-state index in [1.54, 1.807) is 0 Å². The number of hydrogen-bond acceptors (Lipinski definition) is 1. The summed E-state index contributed by atoms with van der Waals surface area (Å²) >= 11 is 0. The molecule has 1 aromatic carbocycles. The van der Waals surface area contributed by atoms with Crippen molar-refractivity contribution in [2.45, 2.75) is 40.2 Å². The van der Waals surface area contributed by atoms with Gasteiger partial charge in [-0.05, 0) is 55.3 Å². The lowest BCUT2D eigenvalue weighted by molar-refractivity contribution is 0.475. The SMILES string of the molecule is CCNC(c1ccc(C)c(C)c1)C1CC1C. The van der Waals surface area contributed by atoms with Crippen molar-refractivity contribution in [2.24, 2.45) is 11.8 Å². The fraction of sp³-hybridized carbons (Fsp3) is 0.600. The average molecular weight is 217 g/mol. The second-order valence-corrected chi connectivity index (χ2v) is 5.26. The molecule has 3 unspecified atom stereocenters. The molecule has 0 bridgehead atoms. The Hall–Kier alpha value is -0.820. The molecule has 1 saturated carbocycles. The normalized spacial score (nSPS) is 25.5. The molecule has 1 N–H and O–H groups in total. The van der Waals surface area contributed by atoms with E-state index in [2.05, 4.69) is 51.2 Å². The Kier molecular flexibility index (Phi) is 3.34. The van der Waals surface area contributed by atoms with Gasteiger partial charge in [0.25, 0.3) is 0 Å². The van der Waals surface area contributed by atoms with Gasteiger partial charge in [-0.1, -0.05) is 32.0 Å². The summed E-state index contributed by atoms with van der Waals surface area (Å²) in [6.07, 6.45) is 1.38. The minimum absolute atomic E-state index is 0.569. The molecule has 0 aromatic heterocycles. The highest BCUT2D eigenvalue weighted by Crippen LogP contribution is 2.47. The third-order valence-corrected chi connectivity index (χ3v) is 3.91. The van der Waals surface area contributed by atoms with E-state index in [-0.39, 0.29) is 0 Å². The van der Waals surface area contributed by atoms with Crippen molar-refractivity contribution in [3.63, 3.8) is 0 Å². The second-order valence-electron chi connectivity index (χ2n) is 5.26. The maximum Gasteiger partial charge on any atom is 0.0351 e. The van der Waals surface area contributed by atoms with Crippen LogP contribution in [0.4, 0.5) is 0 Å². The summed E-state index contributed by atoms with van der Waals surface area (Å²) in [4.78, 5) is 0. The molecule has 1 aliphatic carbocycles. The number of nitrogens with one attached hydrogen (secondary N) is 1. The van der Waals surface area contributed by atoms with E-state index in [4.69, 9.17) is 0 Å². The van der Waals surface area contributed by atoms with Gasteiger partial charge in [-0.3, -0.25) is 0 Å². The molecule has 0 amide bonds. The topological polar surface area (TPSA) is 12.0 Å². The first kappa shape index (κ1) is 11.7. The lowest BCUT2D eigenvalue weighted by atomic mass is 9.97. The smallest absolute Gasteiger partial charge is 0.0351 e. The Bertz CT molecular complexity index is 370. The van der Waals surface area contributed by atoms with Crippen LogP contribution in [0.5, 0.6) is 0 Å². The summed E-state index contributed by atoms with van der Waals surface area (Å²) in [7, 11) is 0. The van der Waals surface area contributed by atoms with Crippen LogP contribution in [0.2, 0.25) is 0 Å². The van der Waals surface area contributed by atoms with E-state index >= 15 is 0 Å². The highest BCUT2D eigenvalue weighted by atomic mass is 14.9. The van der Waals surface area contributed by atoms with Gasteiger partial charge in [0, 0.05) is 6.04 Å². The van der Waals surface area contributed by atoms with Gasteiger partial charge in [0.05, 0.1) is 0 Å². The summed E-state index contributed by atoms with van der Waals surface area (Å²) in [6.45, 7) is 10.00. The summed E-state index contributed by atoms with van der Waals surface area (Å²) in [5, 5.41) is 3.64. The van der Waals surface area contributed by atoms with Crippen LogP contribution in [-0.2, 0) is 0 Å². The number of rotatable bonds is 4. The molecule has 0 heterocycles. The van der Waals surface area contributed by atoms with Crippen molar-refractivity contribution in [1.82, 2.24) is 5.32 Å². The van der Waals surface area contributed by atoms with E-state index in [0.29, 0.717) is 6.04 Å². The molecule has 0 spiro atoms. The molecule has 1 heteroatoms. The second kappa shape index (κ2) is 4.58. The molecule has 88 valence electrons. The standard InChI is InChI=1S/C15H23N/c1-5-16-15(14-9-12(14)4)13-7-6-10(2)11(3)8-13/h6-8,12,14-16H,5,9H2,1-4H3. The van der Waals surface area contributed by atoms with Gasteiger partial charge >= 0.3 is 0 Å². The van der Waals surface area contributed by atoms with Crippen LogP contribution in [0.25, 0.3) is 0 Å². The van der Waals surface area contributed by atoms with E-state index in [9.17, 15) is 0 Å². The monoisotopic (exact) mass is 217 g/mol. The Morgan fingerprint density at radius 2 is 2.00 bits per heavy atom. The minimum atomic E-state index is 0.569. The Balaban J connectivity index is 2.21. The minimum Gasteiger partial charge on any atom is -0.310 e. The van der Waals surface area contributed by atoms with E-state index < -0.39 is 0 Å².